The first-order chi connectivity index (χ1) is 10.1. The van der Waals surface area contributed by atoms with Gasteiger partial charge in [-0.15, -0.1) is 0 Å². The molecule has 0 aliphatic carbocycles. The molecule has 21 heavy (non-hydrogen) atoms. The number of Topliss-reactive ketones (excluding diaryl/α,β-unsaturated/α-hetero) is 1. The highest BCUT2D eigenvalue weighted by Crippen LogP contribution is 2.17. The molecule has 1 unspecified atom stereocenters. The van der Waals surface area contributed by atoms with Crippen LogP contribution in [0.15, 0.2) is 42.5 Å². The maximum absolute atomic E-state index is 12.5. The average molecular weight is 285 g/mol. The van der Waals surface area contributed by atoms with Crippen molar-refractivity contribution < 1.29 is 14.7 Å². The molecule has 0 aliphatic rings. The van der Waals surface area contributed by atoms with Crippen LogP contribution in [-0.2, 0) is 4.79 Å². The number of aliphatic carboxylic acids is 1. The summed E-state index contributed by atoms with van der Waals surface area (Å²) in [5, 5.41) is 14.0. The van der Waals surface area contributed by atoms with Crippen molar-refractivity contribution in [3.8, 4) is 0 Å². The van der Waals surface area contributed by atoms with E-state index in [1.165, 1.54) is 0 Å². The lowest BCUT2D eigenvalue weighted by atomic mass is 9.97. The Bertz CT molecular complexity index is 651. The number of rotatable bonds is 7. The van der Waals surface area contributed by atoms with Crippen LogP contribution in [-0.4, -0.2) is 29.4 Å². The van der Waals surface area contributed by atoms with Crippen molar-refractivity contribution in [1.29, 1.82) is 0 Å². The quantitative estimate of drug-likeness (QED) is 0.768. The Morgan fingerprint density at radius 3 is 2.52 bits per heavy atom. The van der Waals surface area contributed by atoms with Gasteiger partial charge in [0.1, 0.15) is 0 Å². The van der Waals surface area contributed by atoms with E-state index in [2.05, 4.69) is 5.32 Å². The minimum absolute atomic E-state index is 0.0169. The van der Waals surface area contributed by atoms with Crippen LogP contribution in [0.25, 0.3) is 10.8 Å². The molecule has 2 rings (SSSR count). The second-order valence-corrected chi connectivity index (χ2v) is 4.97. The number of nitrogens with one attached hydrogen (secondary N) is 1. The van der Waals surface area contributed by atoms with E-state index < -0.39 is 12.0 Å². The zero-order valence-electron chi connectivity index (χ0n) is 12.0. The van der Waals surface area contributed by atoms with Crippen molar-refractivity contribution in [2.45, 2.75) is 25.8 Å². The largest absolute Gasteiger partial charge is 0.481 e. The van der Waals surface area contributed by atoms with Gasteiger partial charge in [-0.05, 0) is 29.8 Å². The van der Waals surface area contributed by atoms with Gasteiger partial charge in [0.25, 0.3) is 0 Å². The van der Waals surface area contributed by atoms with Gasteiger partial charge in [-0.25, -0.2) is 0 Å². The summed E-state index contributed by atoms with van der Waals surface area (Å²) in [7, 11) is 0. The summed E-state index contributed by atoms with van der Waals surface area (Å²) in [6.45, 7) is 2.53. The van der Waals surface area contributed by atoms with Crippen LogP contribution < -0.4 is 5.32 Å². The van der Waals surface area contributed by atoms with Gasteiger partial charge >= 0.3 is 5.97 Å². The summed E-state index contributed by atoms with van der Waals surface area (Å²) in [5.41, 5.74) is 0.616. The van der Waals surface area contributed by atoms with E-state index in [0.717, 1.165) is 10.8 Å². The molecule has 0 aliphatic heterocycles. The summed E-state index contributed by atoms with van der Waals surface area (Å²) in [6.07, 6.45) is 0.284. The fraction of sp³-hybridized carbons (Fsp3) is 0.294. The van der Waals surface area contributed by atoms with Gasteiger partial charge in [0.05, 0.1) is 6.04 Å². The van der Waals surface area contributed by atoms with E-state index in [9.17, 15) is 9.59 Å². The zero-order chi connectivity index (χ0) is 15.2. The van der Waals surface area contributed by atoms with Crippen LogP contribution in [0.1, 0.15) is 30.1 Å². The van der Waals surface area contributed by atoms with Crippen molar-refractivity contribution in [2.24, 2.45) is 0 Å². The fourth-order valence-electron chi connectivity index (χ4n) is 2.38. The van der Waals surface area contributed by atoms with Gasteiger partial charge < -0.3 is 10.4 Å². The standard InChI is InChI=1S/C17H19NO3/c1-2-18-15(9-10-16(19)20)17(21)14-8-7-12-5-3-4-6-13(12)11-14/h3-8,11,15,18H,2,9-10H2,1H3,(H,19,20). The maximum atomic E-state index is 12.5. The number of carboxylic acids is 1. The zero-order valence-corrected chi connectivity index (χ0v) is 12.0. The van der Waals surface area contributed by atoms with Gasteiger partial charge in [0, 0.05) is 12.0 Å². The molecular formula is C17H19NO3. The molecule has 0 spiro atoms. The Labute approximate surface area is 123 Å². The molecule has 4 heteroatoms. The summed E-state index contributed by atoms with van der Waals surface area (Å²) in [5.74, 6) is -0.937. The third-order valence-electron chi connectivity index (χ3n) is 3.45. The van der Waals surface area contributed by atoms with E-state index in [1.807, 2.05) is 43.3 Å². The van der Waals surface area contributed by atoms with Crippen molar-refractivity contribution in [3.05, 3.63) is 48.0 Å². The minimum atomic E-state index is -0.885. The second-order valence-electron chi connectivity index (χ2n) is 4.97. The molecule has 0 heterocycles. The summed E-state index contributed by atoms with van der Waals surface area (Å²) in [4.78, 5) is 23.2. The Morgan fingerprint density at radius 2 is 1.86 bits per heavy atom. The SMILES string of the molecule is CCNC(CCC(=O)O)C(=O)c1ccc2ccccc2c1. The first kappa shape index (κ1) is 15.2. The Hall–Kier alpha value is -2.20. The number of hydrogen-bond donors (Lipinski definition) is 2. The molecule has 0 bridgehead atoms. The third-order valence-corrected chi connectivity index (χ3v) is 3.45. The van der Waals surface area contributed by atoms with E-state index in [0.29, 0.717) is 18.5 Å². The lowest BCUT2D eigenvalue weighted by molar-refractivity contribution is -0.137. The predicted molar refractivity (Wildman–Crippen MR) is 82.6 cm³/mol. The van der Waals surface area contributed by atoms with Crippen LogP contribution in [0.3, 0.4) is 0 Å². The van der Waals surface area contributed by atoms with Crippen LogP contribution in [0, 0.1) is 0 Å². The number of carbonyl (C=O) groups is 2. The molecule has 0 saturated heterocycles. The van der Waals surface area contributed by atoms with Crippen LogP contribution >= 0.6 is 0 Å². The highest BCUT2D eigenvalue weighted by atomic mass is 16.4. The van der Waals surface area contributed by atoms with Crippen molar-refractivity contribution in [2.75, 3.05) is 6.54 Å². The number of hydrogen-bond acceptors (Lipinski definition) is 3. The monoisotopic (exact) mass is 285 g/mol. The fourth-order valence-corrected chi connectivity index (χ4v) is 2.38. The number of carbonyl (C=O) groups excluding carboxylic acids is 1. The molecular weight excluding hydrogens is 266 g/mol. The second kappa shape index (κ2) is 6.99. The van der Waals surface area contributed by atoms with Crippen molar-refractivity contribution >= 4 is 22.5 Å². The number of likely N-dealkylation sites (N-methyl/N-ethyl adjacent to an activating group) is 1. The van der Waals surface area contributed by atoms with Crippen molar-refractivity contribution in [1.82, 2.24) is 5.32 Å². The molecule has 2 N–H and O–H groups in total. The van der Waals surface area contributed by atoms with Crippen LogP contribution in [0.5, 0.6) is 0 Å². The molecule has 0 aromatic heterocycles. The Morgan fingerprint density at radius 1 is 1.14 bits per heavy atom. The smallest absolute Gasteiger partial charge is 0.303 e. The predicted octanol–water partition coefficient (Wildman–Crippen LogP) is 2.87. The molecule has 0 saturated carbocycles. The van der Waals surface area contributed by atoms with E-state index in [4.69, 9.17) is 5.11 Å². The molecule has 110 valence electrons. The molecule has 2 aromatic carbocycles. The number of benzene rings is 2. The lowest BCUT2D eigenvalue weighted by Crippen LogP contribution is -2.37. The van der Waals surface area contributed by atoms with Gasteiger partial charge in [-0.2, -0.15) is 0 Å². The molecule has 0 fully saturated rings. The third kappa shape index (κ3) is 3.89. The van der Waals surface area contributed by atoms with E-state index in [1.54, 1.807) is 6.07 Å². The normalized spacial score (nSPS) is 12.2. The maximum Gasteiger partial charge on any atom is 0.303 e. The lowest BCUT2D eigenvalue weighted by Gasteiger charge is -2.16. The van der Waals surface area contributed by atoms with E-state index >= 15 is 0 Å². The molecule has 2 aromatic rings. The average Bonchev–Trinajstić information content (AvgIpc) is 2.50. The summed E-state index contributed by atoms with van der Waals surface area (Å²) in [6, 6.07) is 13.0. The number of ketones is 1. The van der Waals surface area contributed by atoms with Gasteiger partial charge in [0.15, 0.2) is 5.78 Å². The van der Waals surface area contributed by atoms with Gasteiger partial charge in [0.2, 0.25) is 0 Å². The molecule has 1 atom stereocenters. The minimum Gasteiger partial charge on any atom is -0.481 e. The topological polar surface area (TPSA) is 66.4 Å². The number of carboxylic acid groups (broad SMARTS) is 1. The molecule has 0 radical (unpaired) electrons. The Kier molecular flexibility index (Phi) is 5.06. The van der Waals surface area contributed by atoms with Crippen molar-refractivity contribution in [3.63, 3.8) is 0 Å². The molecule has 4 nitrogen and oxygen atoms in total. The van der Waals surface area contributed by atoms with Gasteiger partial charge in [-0.1, -0.05) is 43.3 Å². The highest BCUT2D eigenvalue weighted by molar-refractivity contribution is 6.03. The van der Waals surface area contributed by atoms with Crippen LogP contribution in [0.2, 0.25) is 0 Å². The Balaban J connectivity index is 2.22. The number of fused-ring (bicyclic) bond motifs is 1. The highest BCUT2D eigenvalue weighted by Gasteiger charge is 2.20. The first-order valence-corrected chi connectivity index (χ1v) is 7.10. The van der Waals surface area contributed by atoms with Crippen LogP contribution in [0.4, 0.5) is 0 Å². The van der Waals surface area contributed by atoms with E-state index in [-0.39, 0.29) is 12.2 Å². The molecule has 0 amide bonds. The van der Waals surface area contributed by atoms with Gasteiger partial charge in [-0.3, -0.25) is 9.59 Å². The summed E-state index contributed by atoms with van der Waals surface area (Å²) >= 11 is 0. The first-order valence-electron chi connectivity index (χ1n) is 7.10. The summed E-state index contributed by atoms with van der Waals surface area (Å²) < 4.78 is 0.